The fourth-order valence-corrected chi connectivity index (χ4v) is 1.77. The largest absolute Gasteiger partial charge is 0.389 e. The number of likely N-dealkylation sites (N-methyl/N-ethyl adjacent to an activating group) is 1. The molecule has 1 rings (SSSR count). The van der Waals surface area contributed by atoms with Crippen molar-refractivity contribution in [1.82, 2.24) is 4.90 Å². The second-order valence-corrected chi connectivity index (χ2v) is 4.61. The molecule has 3 heteroatoms. The van der Waals surface area contributed by atoms with Crippen molar-refractivity contribution >= 4 is 0 Å². The molecular formula is C14H23NO2. The van der Waals surface area contributed by atoms with Crippen molar-refractivity contribution in [1.29, 1.82) is 0 Å². The molecule has 0 aliphatic heterocycles. The highest BCUT2D eigenvalue weighted by molar-refractivity contribution is 5.21. The van der Waals surface area contributed by atoms with Gasteiger partial charge in [0, 0.05) is 20.2 Å². The van der Waals surface area contributed by atoms with Crippen molar-refractivity contribution < 1.29 is 9.84 Å². The molecule has 1 aromatic carbocycles. The van der Waals surface area contributed by atoms with E-state index in [-0.39, 0.29) is 0 Å². The lowest BCUT2D eigenvalue weighted by Crippen LogP contribution is -2.33. The first-order chi connectivity index (χ1) is 8.11. The zero-order chi connectivity index (χ0) is 12.7. The minimum atomic E-state index is -0.400. The summed E-state index contributed by atoms with van der Waals surface area (Å²) >= 11 is 0. The average molecular weight is 237 g/mol. The van der Waals surface area contributed by atoms with Crippen molar-refractivity contribution in [2.45, 2.75) is 19.4 Å². The number of rotatable bonds is 7. The molecule has 0 saturated heterocycles. The first-order valence-electron chi connectivity index (χ1n) is 6.03. The molecule has 1 aromatic rings. The Hall–Kier alpha value is -0.900. The molecule has 0 aliphatic rings. The van der Waals surface area contributed by atoms with Gasteiger partial charge in [-0.25, -0.2) is 0 Å². The van der Waals surface area contributed by atoms with Crippen LogP contribution in [0.5, 0.6) is 0 Å². The number of benzene rings is 1. The van der Waals surface area contributed by atoms with Crippen LogP contribution in [-0.2, 0) is 11.2 Å². The van der Waals surface area contributed by atoms with Crippen molar-refractivity contribution in [2.75, 3.05) is 33.9 Å². The maximum atomic E-state index is 9.59. The molecule has 0 saturated carbocycles. The van der Waals surface area contributed by atoms with Gasteiger partial charge >= 0.3 is 0 Å². The Labute approximate surface area is 104 Å². The van der Waals surface area contributed by atoms with Gasteiger partial charge in [-0.3, -0.25) is 0 Å². The molecule has 3 nitrogen and oxygen atoms in total. The van der Waals surface area contributed by atoms with E-state index in [2.05, 4.69) is 36.1 Å². The third-order valence-electron chi connectivity index (χ3n) is 2.78. The summed E-state index contributed by atoms with van der Waals surface area (Å²) in [5.74, 6) is 0. The van der Waals surface area contributed by atoms with Gasteiger partial charge in [0.25, 0.3) is 0 Å². The quantitative estimate of drug-likeness (QED) is 0.779. The van der Waals surface area contributed by atoms with Crippen molar-refractivity contribution in [3.8, 4) is 0 Å². The summed E-state index contributed by atoms with van der Waals surface area (Å²) in [6.45, 7) is 4.09. The Kier molecular flexibility index (Phi) is 6.19. The molecule has 0 aromatic heterocycles. The minimum absolute atomic E-state index is 0.398. The van der Waals surface area contributed by atoms with E-state index in [0.717, 1.165) is 13.0 Å². The molecule has 96 valence electrons. The van der Waals surface area contributed by atoms with Crippen LogP contribution in [0.3, 0.4) is 0 Å². The lowest BCUT2D eigenvalue weighted by Gasteiger charge is -2.20. The maximum absolute atomic E-state index is 9.59. The Balaban J connectivity index is 2.27. The van der Waals surface area contributed by atoms with Crippen molar-refractivity contribution in [3.05, 3.63) is 35.4 Å². The van der Waals surface area contributed by atoms with Crippen molar-refractivity contribution in [2.24, 2.45) is 0 Å². The van der Waals surface area contributed by atoms with Crippen LogP contribution in [-0.4, -0.2) is 50.0 Å². The van der Waals surface area contributed by atoms with Crippen LogP contribution in [0.4, 0.5) is 0 Å². The fraction of sp³-hybridized carbons (Fsp3) is 0.571. The van der Waals surface area contributed by atoms with Gasteiger partial charge < -0.3 is 14.7 Å². The van der Waals surface area contributed by atoms with E-state index >= 15 is 0 Å². The lowest BCUT2D eigenvalue weighted by molar-refractivity contribution is 0.0435. The predicted octanol–water partition coefficient (Wildman–Crippen LogP) is 1.48. The molecule has 0 radical (unpaired) electrons. The van der Waals surface area contributed by atoms with Crippen LogP contribution in [0.25, 0.3) is 0 Å². The molecule has 0 heterocycles. The molecule has 17 heavy (non-hydrogen) atoms. The standard InChI is InChI=1S/C14H23NO2/c1-12-4-6-13(7-5-12)8-9-15(2)10-14(16)11-17-3/h4-7,14,16H,8-11H2,1-3H3. The van der Waals surface area contributed by atoms with Gasteiger partial charge in [0.05, 0.1) is 12.7 Å². The number of aliphatic hydroxyl groups excluding tert-OH is 1. The monoisotopic (exact) mass is 237 g/mol. The minimum Gasteiger partial charge on any atom is -0.389 e. The van der Waals surface area contributed by atoms with Crippen LogP contribution in [0.1, 0.15) is 11.1 Å². The average Bonchev–Trinajstić information content (AvgIpc) is 2.28. The van der Waals surface area contributed by atoms with E-state index in [0.29, 0.717) is 13.2 Å². The lowest BCUT2D eigenvalue weighted by atomic mass is 10.1. The Morgan fingerprint density at radius 1 is 1.29 bits per heavy atom. The molecular weight excluding hydrogens is 214 g/mol. The Morgan fingerprint density at radius 2 is 1.94 bits per heavy atom. The van der Waals surface area contributed by atoms with Gasteiger partial charge in [-0.1, -0.05) is 29.8 Å². The van der Waals surface area contributed by atoms with E-state index in [1.54, 1.807) is 7.11 Å². The SMILES string of the molecule is COCC(O)CN(C)CCc1ccc(C)cc1. The van der Waals surface area contributed by atoms with E-state index in [9.17, 15) is 5.11 Å². The number of aryl methyl sites for hydroxylation is 1. The highest BCUT2D eigenvalue weighted by Crippen LogP contribution is 2.04. The Bertz CT molecular complexity index is 311. The third-order valence-corrected chi connectivity index (χ3v) is 2.78. The number of ether oxygens (including phenoxy) is 1. The molecule has 0 fully saturated rings. The molecule has 0 amide bonds. The smallest absolute Gasteiger partial charge is 0.0899 e. The fourth-order valence-electron chi connectivity index (χ4n) is 1.77. The summed E-state index contributed by atoms with van der Waals surface area (Å²) in [5, 5.41) is 9.59. The molecule has 1 atom stereocenters. The van der Waals surface area contributed by atoms with Gasteiger partial charge in [0.1, 0.15) is 0 Å². The second-order valence-electron chi connectivity index (χ2n) is 4.61. The number of aliphatic hydroxyl groups is 1. The second kappa shape index (κ2) is 7.43. The van der Waals surface area contributed by atoms with Crippen LogP contribution in [0.15, 0.2) is 24.3 Å². The van der Waals surface area contributed by atoms with Crippen LogP contribution in [0, 0.1) is 6.92 Å². The van der Waals surface area contributed by atoms with Gasteiger partial charge in [-0.05, 0) is 26.0 Å². The first-order valence-corrected chi connectivity index (χ1v) is 6.03. The van der Waals surface area contributed by atoms with Crippen LogP contribution in [0.2, 0.25) is 0 Å². The normalized spacial score (nSPS) is 13.0. The maximum Gasteiger partial charge on any atom is 0.0899 e. The zero-order valence-electron chi connectivity index (χ0n) is 11.0. The van der Waals surface area contributed by atoms with E-state index in [4.69, 9.17) is 4.74 Å². The highest BCUT2D eigenvalue weighted by Gasteiger charge is 2.07. The number of methoxy groups -OCH3 is 1. The summed E-state index contributed by atoms with van der Waals surface area (Å²) in [6.07, 6.45) is 0.610. The number of hydrogen-bond acceptors (Lipinski definition) is 3. The molecule has 0 bridgehead atoms. The van der Waals surface area contributed by atoms with Gasteiger partial charge in [-0.2, -0.15) is 0 Å². The van der Waals surface area contributed by atoms with E-state index in [1.165, 1.54) is 11.1 Å². The first kappa shape index (κ1) is 14.2. The van der Waals surface area contributed by atoms with Gasteiger partial charge in [0.2, 0.25) is 0 Å². The molecule has 1 N–H and O–H groups in total. The van der Waals surface area contributed by atoms with E-state index < -0.39 is 6.10 Å². The third kappa shape index (κ3) is 5.82. The summed E-state index contributed by atoms with van der Waals surface area (Å²) in [4.78, 5) is 2.13. The number of nitrogens with zero attached hydrogens (tertiary/aromatic N) is 1. The molecule has 0 aliphatic carbocycles. The topological polar surface area (TPSA) is 32.7 Å². The van der Waals surface area contributed by atoms with Crippen LogP contribution >= 0.6 is 0 Å². The summed E-state index contributed by atoms with van der Waals surface area (Å²) < 4.78 is 4.90. The predicted molar refractivity (Wildman–Crippen MR) is 70.3 cm³/mol. The zero-order valence-corrected chi connectivity index (χ0v) is 11.0. The van der Waals surface area contributed by atoms with Crippen LogP contribution < -0.4 is 0 Å². The van der Waals surface area contributed by atoms with Crippen molar-refractivity contribution in [3.63, 3.8) is 0 Å². The van der Waals surface area contributed by atoms with E-state index in [1.807, 2.05) is 7.05 Å². The van der Waals surface area contributed by atoms with Gasteiger partial charge in [-0.15, -0.1) is 0 Å². The number of hydrogen-bond donors (Lipinski definition) is 1. The summed E-state index contributed by atoms with van der Waals surface area (Å²) in [5.41, 5.74) is 2.63. The van der Waals surface area contributed by atoms with Gasteiger partial charge in [0.15, 0.2) is 0 Å². The highest BCUT2D eigenvalue weighted by atomic mass is 16.5. The Morgan fingerprint density at radius 3 is 2.53 bits per heavy atom. The summed E-state index contributed by atoms with van der Waals surface area (Å²) in [6, 6.07) is 8.59. The summed E-state index contributed by atoms with van der Waals surface area (Å²) in [7, 11) is 3.63. The molecule has 1 unspecified atom stereocenters. The molecule has 0 spiro atoms.